The SMILES string of the molecule is Nc1ccc(SN2CCN(c3ncc(C(O)(C(F)(F)F)C(F)(F)F)cn3)CC2)s1. The van der Waals surface area contributed by atoms with Crippen LogP contribution in [0, 0.1) is 0 Å². The lowest BCUT2D eigenvalue weighted by molar-refractivity contribution is -0.376. The van der Waals surface area contributed by atoms with Crippen molar-refractivity contribution in [2.24, 2.45) is 0 Å². The third kappa shape index (κ3) is 4.39. The van der Waals surface area contributed by atoms with Crippen molar-refractivity contribution < 1.29 is 31.4 Å². The van der Waals surface area contributed by atoms with Crippen molar-refractivity contribution in [3.05, 3.63) is 30.1 Å². The number of nitrogen functional groups attached to an aromatic ring is 1. The highest BCUT2D eigenvalue weighted by atomic mass is 32.2. The maximum atomic E-state index is 12.9. The average Bonchev–Trinajstić information content (AvgIpc) is 3.05. The second kappa shape index (κ2) is 7.81. The van der Waals surface area contributed by atoms with Crippen molar-refractivity contribution in [3.63, 3.8) is 0 Å². The minimum atomic E-state index is -5.97. The summed E-state index contributed by atoms with van der Waals surface area (Å²) >= 11 is 2.95. The molecule has 6 nitrogen and oxygen atoms in total. The number of alkyl halides is 6. The lowest BCUT2D eigenvalue weighted by Crippen LogP contribution is -2.54. The Balaban J connectivity index is 1.68. The number of aromatic nitrogens is 2. The fourth-order valence-corrected chi connectivity index (χ4v) is 4.64. The predicted octanol–water partition coefficient (Wildman–Crippen LogP) is 3.26. The molecule has 0 amide bonds. The Kier molecular flexibility index (Phi) is 5.91. The highest BCUT2D eigenvalue weighted by Gasteiger charge is 2.71. The van der Waals surface area contributed by atoms with Gasteiger partial charge >= 0.3 is 12.4 Å². The monoisotopic (exact) mass is 459 g/mol. The van der Waals surface area contributed by atoms with Gasteiger partial charge in [0.2, 0.25) is 5.95 Å². The van der Waals surface area contributed by atoms with Crippen LogP contribution < -0.4 is 10.6 Å². The fourth-order valence-electron chi connectivity index (χ4n) is 2.65. The Labute approximate surface area is 169 Å². The van der Waals surface area contributed by atoms with E-state index in [4.69, 9.17) is 5.73 Å². The van der Waals surface area contributed by atoms with Crippen LogP contribution in [-0.2, 0) is 5.60 Å². The molecule has 3 rings (SSSR count). The Morgan fingerprint density at radius 2 is 1.52 bits per heavy atom. The zero-order valence-electron chi connectivity index (χ0n) is 14.5. The third-order valence-electron chi connectivity index (χ3n) is 4.22. The van der Waals surface area contributed by atoms with Gasteiger partial charge in [-0.1, -0.05) is 0 Å². The van der Waals surface area contributed by atoms with E-state index in [1.807, 2.05) is 6.07 Å². The van der Waals surface area contributed by atoms with Crippen LogP contribution in [0.25, 0.3) is 0 Å². The van der Waals surface area contributed by atoms with Gasteiger partial charge in [0, 0.05) is 44.1 Å². The van der Waals surface area contributed by atoms with Gasteiger partial charge in [-0.3, -0.25) is 0 Å². The maximum Gasteiger partial charge on any atom is 0.430 e. The summed E-state index contributed by atoms with van der Waals surface area (Å²) in [7, 11) is 0. The number of rotatable bonds is 4. The molecule has 1 saturated heterocycles. The van der Waals surface area contributed by atoms with Crippen LogP contribution in [0.4, 0.5) is 37.3 Å². The molecule has 3 N–H and O–H groups in total. The molecule has 3 heterocycles. The van der Waals surface area contributed by atoms with Crippen LogP contribution in [-0.4, -0.2) is 57.9 Å². The number of piperazine rings is 1. The first-order valence-electron chi connectivity index (χ1n) is 8.13. The first-order chi connectivity index (χ1) is 13.4. The van der Waals surface area contributed by atoms with Crippen molar-refractivity contribution in [1.82, 2.24) is 14.3 Å². The molecule has 0 aliphatic carbocycles. The second-order valence-electron chi connectivity index (χ2n) is 6.14. The number of nitrogens with zero attached hydrogens (tertiary/aromatic N) is 4. The quantitative estimate of drug-likeness (QED) is 0.537. The Morgan fingerprint density at radius 3 is 1.97 bits per heavy atom. The van der Waals surface area contributed by atoms with Crippen molar-refractivity contribution in [2.75, 3.05) is 36.8 Å². The summed E-state index contributed by atoms with van der Waals surface area (Å²) in [6.07, 6.45) is -11.2. The summed E-state index contributed by atoms with van der Waals surface area (Å²) in [6, 6.07) is 3.68. The molecule has 2 aromatic rings. The van der Waals surface area contributed by atoms with E-state index in [1.165, 1.54) is 23.3 Å². The van der Waals surface area contributed by atoms with Crippen LogP contribution in [0.15, 0.2) is 28.7 Å². The first-order valence-corrected chi connectivity index (χ1v) is 9.72. The van der Waals surface area contributed by atoms with E-state index in [2.05, 4.69) is 14.3 Å². The molecule has 2 aromatic heterocycles. The lowest BCUT2D eigenvalue weighted by Gasteiger charge is -2.34. The summed E-state index contributed by atoms with van der Waals surface area (Å²) < 4.78 is 80.6. The van der Waals surface area contributed by atoms with Crippen molar-refractivity contribution in [1.29, 1.82) is 0 Å². The van der Waals surface area contributed by atoms with Gasteiger partial charge in [-0.05, 0) is 24.1 Å². The molecule has 1 fully saturated rings. The van der Waals surface area contributed by atoms with Crippen molar-refractivity contribution in [2.45, 2.75) is 22.2 Å². The van der Waals surface area contributed by atoms with Crippen LogP contribution in [0.3, 0.4) is 0 Å². The van der Waals surface area contributed by atoms with Crippen molar-refractivity contribution in [3.8, 4) is 0 Å². The summed E-state index contributed by atoms with van der Waals surface area (Å²) in [5.74, 6) is -0.00883. The van der Waals surface area contributed by atoms with Crippen LogP contribution >= 0.6 is 23.3 Å². The van der Waals surface area contributed by atoms with Crippen LogP contribution in [0.5, 0.6) is 0 Å². The molecular weight excluding hydrogens is 444 g/mol. The molecule has 0 atom stereocenters. The van der Waals surface area contributed by atoms with Gasteiger partial charge in [-0.25, -0.2) is 14.3 Å². The fraction of sp³-hybridized carbons (Fsp3) is 0.467. The van der Waals surface area contributed by atoms with E-state index in [-0.39, 0.29) is 5.95 Å². The number of anilines is 2. The Morgan fingerprint density at radius 1 is 0.966 bits per heavy atom. The summed E-state index contributed by atoms with van der Waals surface area (Å²) in [5.41, 5.74) is -0.831. The molecule has 29 heavy (non-hydrogen) atoms. The summed E-state index contributed by atoms with van der Waals surface area (Å²) in [6.45, 7) is 2.00. The molecule has 0 bridgehead atoms. The minimum Gasteiger partial charge on any atom is -0.391 e. The highest BCUT2D eigenvalue weighted by Crippen LogP contribution is 2.49. The van der Waals surface area contributed by atoms with Crippen molar-refractivity contribution >= 4 is 34.2 Å². The van der Waals surface area contributed by atoms with Gasteiger partial charge in [-0.2, -0.15) is 26.3 Å². The van der Waals surface area contributed by atoms with E-state index in [0.717, 1.165) is 4.21 Å². The van der Waals surface area contributed by atoms with E-state index in [9.17, 15) is 31.4 Å². The largest absolute Gasteiger partial charge is 0.430 e. The minimum absolute atomic E-state index is 0.00883. The normalized spacial score (nSPS) is 17.0. The van der Waals surface area contributed by atoms with Gasteiger partial charge in [-0.15, -0.1) is 11.3 Å². The van der Waals surface area contributed by atoms with Gasteiger partial charge in [0.1, 0.15) is 0 Å². The molecule has 0 unspecified atom stereocenters. The zero-order valence-corrected chi connectivity index (χ0v) is 16.2. The number of hydrogen-bond acceptors (Lipinski definition) is 8. The van der Waals surface area contributed by atoms with E-state index in [1.54, 1.807) is 11.0 Å². The smallest absolute Gasteiger partial charge is 0.391 e. The van der Waals surface area contributed by atoms with Gasteiger partial charge < -0.3 is 15.7 Å². The zero-order chi connectivity index (χ0) is 21.4. The van der Waals surface area contributed by atoms with Gasteiger partial charge in [0.05, 0.1) is 9.21 Å². The third-order valence-corrected chi connectivity index (χ3v) is 6.34. The first kappa shape index (κ1) is 21.9. The Bertz CT molecular complexity index is 819. The average molecular weight is 459 g/mol. The number of nitrogens with two attached hydrogens (primary N) is 1. The van der Waals surface area contributed by atoms with E-state index in [0.29, 0.717) is 43.6 Å². The van der Waals surface area contributed by atoms with E-state index < -0.39 is 23.5 Å². The van der Waals surface area contributed by atoms with Crippen LogP contribution in [0.1, 0.15) is 5.56 Å². The number of halogens is 6. The van der Waals surface area contributed by atoms with Gasteiger partial charge in [0.15, 0.2) is 0 Å². The predicted molar refractivity (Wildman–Crippen MR) is 96.4 cm³/mol. The van der Waals surface area contributed by atoms with Crippen LogP contribution in [0.2, 0.25) is 0 Å². The number of thiophene rings is 1. The summed E-state index contributed by atoms with van der Waals surface area (Å²) in [4.78, 5) is 8.89. The topological polar surface area (TPSA) is 78.5 Å². The molecular formula is C15H15F6N5OS2. The standard InChI is InChI=1S/C15H15F6N5OS2/c16-14(17,18)13(27,15(19,20)21)9-7-23-12(24-8-9)25-3-5-26(6-4-25)29-11-2-1-10(22)28-11/h1-2,7-8,27H,3-6,22H2. The maximum absolute atomic E-state index is 12.9. The van der Waals surface area contributed by atoms with Gasteiger partial charge in [0.25, 0.3) is 5.60 Å². The second-order valence-corrected chi connectivity index (χ2v) is 8.65. The number of aliphatic hydroxyl groups is 1. The molecule has 160 valence electrons. The van der Waals surface area contributed by atoms with E-state index >= 15 is 0 Å². The molecule has 0 aromatic carbocycles. The molecule has 0 radical (unpaired) electrons. The molecule has 0 saturated carbocycles. The Hall–Kier alpha value is -1.77. The molecule has 0 spiro atoms. The summed E-state index contributed by atoms with van der Waals surface area (Å²) in [5, 5.41) is 10.1. The number of hydrogen-bond donors (Lipinski definition) is 2. The molecule has 1 aliphatic heterocycles. The lowest BCUT2D eigenvalue weighted by atomic mass is 9.95. The molecule has 1 aliphatic rings. The highest BCUT2D eigenvalue weighted by molar-refractivity contribution is 7.99. The molecule has 14 heteroatoms.